The molecule has 2 aromatic carbocycles. The molecule has 170 valence electrons. The molecular weight excluding hydrogens is 447 g/mol. The number of H-pyrrole nitrogens is 1. The van der Waals surface area contributed by atoms with E-state index in [0.29, 0.717) is 32.9 Å². The van der Waals surface area contributed by atoms with Crippen LogP contribution in [0, 0.1) is 12.7 Å². The van der Waals surface area contributed by atoms with Crippen molar-refractivity contribution in [1.82, 2.24) is 15.1 Å². The number of aromatic nitrogens is 3. The van der Waals surface area contributed by atoms with Crippen LogP contribution in [-0.2, 0) is 6.54 Å². The van der Waals surface area contributed by atoms with Crippen LogP contribution in [0.5, 0.6) is 5.75 Å². The number of nitrogens with one attached hydrogen (secondary N) is 1. The molecule has 0 saturated carbocycles. The van der Waals surface area contributed by atoms with Crippen molar-refractivity contribution in [3.05, 3.63) is 76.5 Å². The smallest absolute Gasteiger partial charge is 0.257 e. The maximum atomic E-state index is 15.5. The van der Waals surface area contributed by atoms with Gasteiger partial charge in [0.1, 0.15) is 0 Å². The van der Waals surface area contributed by atoms with Gasteiger partial charge in [-0.25, -0.2) is 4.39 Å². The summed E-state index contributed by atoms with van der Waals surface area (Å²) in [7, 11) is 1.57. The summed E-state index contributed by atoms with van der Waals surface area (Å²) in [5, 5.41) is 18.3. The van der Waals surface area contributed by atoms with E-state index in [1.165, 1.54) is 17.2 Å². The molecule has 0 atom stereocenters. The van der Waals surface area contributed by atoms with Gasteiger partial charge in [0, 0.05) is 29.3 Å². The lowest BCUT2D eigenvalue weighted by Gasteiger charge is -2.19. The lowest BCUT2D eigenvalue weighted by molar-refractivity contribution is -0.908. The highest BCUT2D eigenvalue weighted by Gasteiger charge is 2.25. The van der Waals surface area contributed by atoms with Gasteiger partial charge in [-0.1, -0.05) is 23.7 Å². The van der Waals surface area contributed by atoms with Crippen LogP contribution in [0.15, 0.2) is 48.8 Å². The lowest BCUT2D eigenvalue weighted by Crippen LogP contribution is -2.35. The molecule has 2 heterocycles. The molecule has 0 spiro atoms. The molecule has 9 heteroatoms. The van der Waals surface area contributed by atoms with Crippen LogP contribution in [0.3, 0.4) is 0 Å². The first-order chi connectivity index (χ1) is 15.8. The number of rotatable bonds is 6. The van der Waals surface area contributed by atoms with Crippen LogP contribution in [0.4, 0.5) is 4.39 Å². The average molecular weight is 470 g/mol. The van der Waals surface area contributed by atoms with E-state index in [2.05, 4.69) is 10.2 Å². The van der Waals surface area contributed by atoms with Crippen molar-refractivity contribution < 1.29 is 23.9 Å². The van der Waals surface area contributed by atoms with Gasteiger partial charge in [0.25, 0.3) is 5.91 Å². The first-order valence-electron chi connectivity index (χ1n) is 10.3. The summed E-state index contributed by atoms with van der Waals surface area (Å²) in [6, 6.07) is 10.1. The maximum absolute atomic E-state index is 15.5. The van der Waals surface area contributed by atoms with Gasteiger partial charge in [0.05, 0.1) is 41.4 Å². The Labute approximate surface area is 194 Å². The zero-order valence-electron chi connectivity index (χ0n) is 18.4. The predicted octanol–water partition coefficient (Wildman–Crippen LogP) is 4.53. The summed E-state index contributed by atoms with van der Waals surface area (Å²) in [4.78, 5) is 14.5. The number of benzene rings is 2. The Balaban J connectivity index is 1.69. The van der Waals surface area contributed by atoms with Gasteiger partial charge in [-0.3, -0.25) is 15.1 Å². The zero-order valence-corrected chi connectivity index (χ0v) is 19.2. The molecule has 0 radical (unpaired) electrons. The summed E-state index contributed by atoms with van der Waals surface area (Å²) in [6.07, 6.45) is 3.11. The van der Waals surface area contributed by atoms with Gasteiger partial charge in [0.2, 0.25) is 11.9 Å². The second kappa shape index (κ2) is 9.07. The van der Waals surface area contributed by atoms with E-state index in [1.807, 2.05) is 0 Å². The van der Waals surface area contributed by atoms with E-state index < -0.39 is 11.7 Å². The molecule has 4 aromatic rings. The summed E-state index contributed by atoms with van der Waals surface area (Å²) in [6.45, 7) is 3.86. The lowest BCUT2D eigenvalue weighted by atomic mass is 10.0. The first-order valence-corrected chi connectivity index (χ1v) is 10.7. The van der Waals surface area contributed by atoms with Crippen molar-refractivity contribution >= 4 is 28.4 Å². The highest BCUT2D eigenvalue weighted by molar-refractivity contribution is 6.30. The van der Waals surface area contributed by atoms with E-state index >= 15 is 4.39 Å². The maximum Gasteiger partial charge on any atom is 0.257 e. The molecule has 1 amide bonds. The third-order valence-corrected chi connectivity index (χ3v) is 5.71. The van der Waals surface area contributed by atoms with Crippen LogP contribution >= 0.6 is 11.6 Å². The topological polar surface area (TPSA) is 82.3 Å². The summed E-state index contributed by atoms with van der Waals surface area (Å²) < 4.78 is 22.1. The van der Waals surface area contributed by atoms with Crippen LogP contribution in [0.2, 0.25) is 5.02 Å². The molecule has 7 nitrogen and oxygen atoms in total. The summed E-state index contributed by atoms with van der Waals surface area (Å²) in [5.41, 5.74) is 3.02. The molecule has 0 bridgehead atoms. The third kappa shape index (κ3) is 4.21. The molecule has 0 unspecified atom stereocenters. The number of ether oxygens (including phenoxy) is 1. The summed E-state index contributed by atoms with van der Waals surface area (Å²) in [5.74, 6) is -1.26. The molecule has 0 aliphatic carbocycles. The highest BCUT2D eigenvalue weighted by Crippen LogP contribution is 2.36. The largest absolute Gasteiger partial charge is 0.490 e. The number of fused-ring (bicyclic) bond motifs is 1. The van der Waals surface area contributed by atoms with E-state index in [4.69, 9.17) is 16.3 Å². The SMILES string of the molecule is CCOc1c(-c2cccc(Cl)c2)ccc(C(=O)N(C)Cc2c[n+](O)c(C)c3cn[nH]c23)c1F. The van der Waals surface area contributed by atoms with Crippen molar-refractivity contribution in [3.8, 4) is 16.9 Å². The number of nitrogens with zero attached hydrogens (tertiary/aromatic N) is 3. The fourth-order valence-electron chi connectivity index (χ4n) is 3.78. The number of carbonyl (C=O) groups is 1. The second-order valence-corrected chi connectivity index (χ2v) is 8.09. The Morgan fingerprint density at radius 1 is 1.33 bits per heavy atom. The van der Waals surface area contributed by atoms with Crippen LogP contribution in [0.25, 0.3) is 22.0 Å². The normalized spacial score (nSPS) is 11.1. The van der Waals surface area contributed by atoms with Crippen molar-refractivity contribution in [2.24, 2.45) is 0 Å². The predicted molar refractivity (Wildman–Crippen MR) is 122 cm³/mol. The molecular formula is C24H23ClFN4O3+. The Morgan fingerprint density at radius 3 is 2.85 bits per heavy atom. The summed E-state index contributed by atoms with van der Waals surface area (Å²) >= 11 is 6.10. The van der Waals surface area contributed by atoms with Gasteiger partial charge in [0.15, 0.2) is 11.6 Å². The quantitative estimate of drug-likeness (QED) is 0.321. The number of hydrogen-bond donors (Lipinski definition) is 2. The van der Waals surface area contributed by atoms with E-state index in [9.17, 15) is 10.0 Å². The van der Waals surface area contributed by atoms with Gasteiger partial charge < -0.3 is 9.64 Å². The molecule has 33 heavy (non-hydrogen) atoms. The minimum absolute atomic E-state index is 0.00138. The van der Waals surface area contributed by atoms with Crippen molar-refractivity contribution in [2.75, 3.05) is 13.7 Å². The Morgan fingerprint density at radius 2 is 2.12 bits per heavy atom. The Kier molecular flexibility index (Phi) is 6.20. The van der Waals surface area contributed by atoms with E-state index in [0.717, 1.165) is 10.1 Å². The van der Waals surface area contributed by atoms with Gasteiger partial charge in [-0.15, -0.1) is 0 Å². The third-order valence-electron chi connectivity index (χ3n) is 5.48. The number of halogens is 2. The minimum Gasteiger partial charge on any atom is -0.490 e. The van der Waals surface area contributed by atoms with Gasteiger partial charge in [-0.2, -0.15) is 5.10 Å². The number of aryl methyl sites for hydroxylation is 1. The van der Waals surface area contributed by atoms with Gasteiger partial charge in [-0.05, 0) is 36.8 Å². The number of hydrogen-bond acceptors (Lipinski definition) is 4. The average Bonchev–Trinajstić information content (AvgIpc) is 3.29. The Bertz CT molecular complexity index is 1360. The van der Waals surface area contributed by atoms with Crippen LogP contribution in [0.1, 0.15) is 28.5 Å². The van der Waals surface area contributed by atoms with E-state index in [1.54, 1.807) is 57.4 Å². The second-order valence-electron chi connectivity index (χ2n) is 7.65. The molecule has 0 fully saturated rings. The number of carbonyl (C=O) groups excluding carboxylic acids is 1. The van der Waals surface area contributed by atoms with Crippen LogP contribution < -0.4 is 9.47 Å². The molecule has 0 aliphatic rings. The number of amides is 1. The fraction of sp³-hybridized carbons (Fsp3) is 0.208. The molecule has 2 aromatic heterocycles. The molecule has 4 rings (SSSR count). The highest BCUT2D eigenvalue weighted by atomic mass is 35.5. The minimum atomic E-state index is -0.737. The number of aromatic amines is 1. The van der Waals surface area contributed by atoms with Crippen molar-refractivity contribution in [1.29, 1.82) is 0 Å². The fourth-order valence-corrected chi connectivity index (χ4v) is 3.97. The Hall–Kier alpha value is -3.65. The zero-order chi connectivity index (χ0) is 23.7. The molecule has 2 N–H and O–H groups in total. The van der Waals surface area contributed by atoms with Crippen molar-refractivity contribution in [2.45, 2.75) is 20.4 Å². The van der Waals surface area contributed by atoms with Gasteiger partial charge >= 0.3 is 0 Å². The van der Waals surface area contributed by atoms with Crippen molar-refractivity contribution in [3.63, 3.8) is 0 Å². The van der Waals surface area contributed by atoms with Crippen LogP contribution in [-0.4, -0.2) is 39.9 Å². The first kappa shape index (κ1) is 22.5. The molecule has 0 aliphatic heterocycles. The monoisotopic (exact) mass is 469 g/mol. The number of pyridine rings is 1. The van der Waals surface area contributed by atoms with E-state index in [-0.39, 0.29) is 24.5 Å². The molecule has 0 saturated heterocycles. The standard InChI is InChI=1S/C24H22ClFN4O3/c1-4-33-23-18(15-6-5-7-17(25)10-15)8-9-19(21(23)26)24(31)29(3)12-16-13-30(32)14(2)20-11-27-28-22(16)20/h5-11,13,32H,4,12H2,1-3H3/p+1.